The van der Waals surface area contributed by atoms with Crippen molar-refractivity contribution in [2.45, 2.75) is 31.8 Å². The van der Waals surface area contributed by atoms with Crippen molar-refractivity contribution in [3.8, 4) is 0 Å². The van der Waals surface area contributed by atoms with Gasteiger partial charge in [0, 0.05) is 43.6 Å². The molecule has 0 radical (unpaired) electrons. The lowest BCUT2D eigenvalue weighted by atomic mass is 9.91. The number of halogens is 2. The third kappa shape index (κ3) is 4.46. The number of rotatable bonds is 2. The molecule has 146 valence electrons. The van der Waals surface area contributed by atoms with Crippen LogP contribution >= 0.6 is 23.2 Å². The summed E-state index contributed by atoms with van der Waals surface area (Å²) in [7, 11) is 0. The molecule has 1 fully saturated rings. The largest absolute Gasteiger partial charge is 0.447 e. The average Bonchev–Trinajstić information content (AvgIpc) is 2.86. The fourth-order valence-corrected chi connectivity index (χ4v) is 3.71. The molecule has 0 atom stereocenters. The summed E-state index contributed by atoms with van der Waals surface area (Å²) in [5, 5.41) is 0.698. The molecule has 2 heterocycles. The Balaban J connectivity index is 2.08. The number of esters is 2. The van der Waals surface area contributed by atoms with Gasteiger partial charge in [-0.1, -0.05) is 29.3 Å². The van der Waals surface area contributed by atoms with Crippen LogP contribution in [0.15, 0.2) is 24.0 Å². The highest BCUT2D eigenvalue weighted by molar-refractivity contribution is 6.37. The molecule has 0 aliphatic carbocycles. The summed E-state index contributed by atoms with van der Waals surface area (Å²) < 4.78 is 22.4. The van der Waals surface area contributed by atoms with E-state index in [4.69, 9.17) is 42.1 Å². The second-order valence-corrected chi connectivity index (χ2v) is 7.23. The molecule has 0 amide bonds. The van der Waals surface area contributed by atoms with Crippen molar-refractivity contribution in [2.75, 3.05) is 26.4 Å². The molecule has 1 aromatic carbocycles. The number of carbonyl (C=O) groups is 2. The van der Waals surface area contributed by atoms with E-state index in [0.717, 1.165) is 6.42 Å². The summed E-state index contributed by atoms with van der Waals surface area (Å²) in [6.07, 6.45) is 1.49. The van der Waals surface area contributed by atoms with Crippen LogP contribution in [0.2, 0.25) is 10.0 Å². The monoisotopic (exact) mass is 414 g/mol. The average molecular weight is 415 g/mol. The van der Waals surface area contributed by atoms with E-state index in [-0.39, 0.29) is 16.4 Å². The van der Waals surface area contributed by atoms with Crippen LogP contribution < -0.4 is 0 Å². The van der Waals surface area contributed by atoms with Crippen molar-refractivity contribution in [1.82, 2.24) is 0 Å². The Bertz CT molecular complexity index is 763. The maximum absolute atomic E-state index is 12.8. The minimum atomic E-state index is -1.14. The highest BCUT2D eigenvalue weighted by Gasteiger charge is 2.50. The van der Waals surface area contributed by atoms with Crippen LogP contribution in [0.3, 0.4) is 0 Å². The first-order valence-electron chi connectivity index (χ1n) is 8.70. The summed E-state index contributed by atoms with van der Waals surface area (Å²) in [5.74, 6) is -1.01. The van der Waals surface area contributed by atoms with Crippen molar-refractivity contribution < 1.29 is 28.5 Å². The molecule has 0 unspecified atom stereocenters. The lowest BCUT2D eigenvalue weighted by Crippen LogP contribution is -2.37. The molecular formula is C19H20Cl2O6. The molecule has 8 heteroatoms. The minimum Gasteiger partial charge on any atom is -0.447 e. The van der Waals surface area contributed by atoms with E-state index in [1.165, 1.54) is 13.0 Å². The van der Waals surface area contributed by atoms with E-state index < -0.39 is 17.5 Å². The molecule has 0 aromatic heterocycles. The Hall–Kier alpha value is -1.60. The lowest BCUT2D eigenvalue weighted by Gasteiger charge is -2.30. The fraction of sp³-hybridized carbons (Fsp3) is 0.474. The van der Waals surface area contributed by atoms with Gasteiger partial charge >= 0.3 is 11.9 Å². The van der Waals surface area contributed by atoms with Gasteiger partial charge in [0.15, 0.2) is 11.4 Å². The molecule has 2 aliphatic rings. The number of benzene rings is 1. The first-order chi connectivity index (χ1) is 12.9. The Morgan fingerprint density at radius 1 is 1.11 bits per heavy atom. The first kappa shape index (κ1) is 20.1. The van der Waals surface area contributed by atoms with Gasteiger partial charge in [-0.15, -0.1) is 0 Å². The fourth-order valence-electron chi connectivity index (χ4n) is 3.20. The van der Waals surface area contributed by atoms with Gasteiger partial charge in [0.25, 0.3) is 0 Å². The Labute approximate surface area is 167 Å². The van der Waals surface area contributed by atoms with E-state index in [1.54, 1.807) is 12.1 Å². The van der Waals surface area contributed by atoms with Crippen molar-refractivity contribution in [3.63, 3.8) is 0 Å². The predicted molar refractivity (Wildman–Crippen MR) is 99.5 cm³/mol. The van der Waals surface area contributed by atoms with E-state index in [9.17, 15) is 9.59 Å². The molecular weight excluding hydrogens is 395 g/mol. The Kier molecular flexibility index (Phi) is 6.42. The minimum absolute atomic E-state index is 0.129. The van der Waals surface area contributed by atoms with Crippen molar-refractivity contribution in [2.24, 2.45) is 0 Å². The summed E-state index contributed by atoms with van der Waals surface area (Å²) in [4.78, 5) is 24.6. The zero-order valence-electron chi connectivity index (χ0n) is 14.9. The quantitative estimate of drug-likeness (QED) is 0.685. The number of hydrogen-bond donors (Lipinski definition) is 0. The number of ether oxygens (including phenoxy) is 4. The van der Waals surface area contributed by atoms with Crippen LogP contribution in [-0.4, -0.2) is 44.0 Å². The zero-order valence-corrected chi connectivity index (χ0v) is 16.4. The molecule has 1 aromatic rings. The molecule has 3 rings (SSSR count). The molecule has 2 aliphatic heterocycles. The highest BCUT2D eigenvalue weighted by atomic mass is 35.5. The van der Waals surface area contributed by atoms with Gasteiger partial charge in [0.05, 0.1) is 18.2 Å². The van der Waals surface area contributed by atoms with E-state index in [1.807, 2.05) is 0 Å². The standard InChI is InChI=1S/C19H20Cl2O6/c1-12(22)26-17-16(14-4-3-13(20)11-15(14)21)18(23)27-19(17)5-9-24-7-2-8-25-10-6-19/h3-4,11H,2,5-10H2,1H3. The van der Waals surface area contributed by atoms with Gasteiger partial charge in [0.2, 0.25) is 0 Å². The SMILES string of the molecule is CC(=O)OC1=C(c2ccc(Cl)cc2Cl)C(=O)OC12CCOCCCOCC2. The Morgan fingerprint density at radius 2 is 1.78 bits per heavy atom. The molecule has 1 saturated heterocycles. The highest BCUT2D eigenvalue weighted by Crippen LogP contribution is 2.45. The van der Waals surface area contributed by atoms with E-state index in [2.05, 4.69) is 0 Å². The molecule has 1 spiro atoms. The molecule has 0 bridgehead atoms. The van der Waals surface area contributed by atoms with Crippen LogP contribution in [0, 0.1) is 0 Å². The Morgan fingerprint density at radius 3 is 2.37 bits per heavy atom. The summed E-state index contributed by atoms with van der Waals surface area (Å²) in [6, 6.07) is 4.74. The smallest absolute Gasteiger partial charge is 0.343 e. The summed E-state index contributed by atoms with van der Waals surface area (Å²) >= 11 is 12.3. The first-order valence-corrected chi connectivity index (χ1v) is 9.46. The third-order valence-corrected chi connectivity index (χ3v) is 5.00. The van der Waals surface area contributed by atoms with Crippen LogP contribution in [0.25, 0.3) is 5.57 Å². The third-order valence-electron chi connectivity index (χ3n) is 4.46. The number of hydrogen-bond acceptors (Lipinski definition) is 6. The van der Waals surface area contributed by atoms with Gasteiger partial charge in [-0.05, 0) is 18.6 Å². The second kappa shape index (κ2) is 8.61. The van der Waals surface area contributed by atoms with Gasteiger partial charge < -0.3 is 18.9 Å². The van der Waals surface area contributed by atoms with Crippen LogP contribution in [0.1, 0.15) is 31.7 Å². The van der Waals surface area contributed by atoms with Gasteiger partial charge in [-0.2, -0.15) is 0 Å². The van der Waals surface area contributed by atoms with Crippen LogP contribution in [0.4, 0.5) is 0 Å². The topological polar surface area (TPSA) is 71.1 Å². The van der Waals surface area contributed by atoms with E-state index >= 15 is 0 Å². The van der Waals surface area contributed by atoms with Crippen LogP contribution in [0.5, 0.6) is 0 Å². The second-order valence-electron chi connectivity index (χ2n) is 6.38. The van der Waals surface area contributed by atoms with Gasteiger partial charge in [-0.3, -0.25) is 4.79 Å². The summed E-state index contributed by atoms with van der Waals surface area (Å²) in [5.41, 5.74) is -0.611. The molecule has 27 heavy (non-hydrogen) atoms. The van der Waals surface area contributed by atoms with Gasteiger partial charge in [-0.25, -0.2) is 4.79 Å². The molecule has 0 N–H and O–H groups in total. The molecule has 6 nitrogen and oxygen atoms in total. The predicted octanol–water partition coefficient (Wildman–Crippen LogP) is 3.78. The van der Waals surface area contributed by atoms with E-state index in [0.29, 0.717) is 49.9 Å². The maximum atomic E-state index is 12.8. The van der Waals surface area contributed by atoms with Crippen LogP contribution in [-0.2, 0) is 28.5 Å². The van der Waals surface area contributed by atoms with Crippen molar-refractivity contribution >= 4 is 40.7 Å². The summed E-state index contributed by atoms with van der Waals surface area (Å²) in [6.45, 7) is 3.09. The zero-order chi connectivity index (χ0) is 19.4. The maximum Gasteiger partial charge on any atom is 0.343 e. The lowest BCUT2D eigenvalue weighted by molar-refractivity contribution is -0.156. The van der Waals surface area contributed by atoms with Crippen molar-refractivity contribution in [1.29, 1.82) is 0 Å². The number of carbonyl (C=O) groups excluding carboxylic acids is 2. The normalized spacial score (nSPS) is 20.5. The van der Waals surface area contributed by atoms with Gasteiger partial charge in [0.1, 0.15) is 5.57 Å². The van der Waals surface area contributed by atoms with Crippen molar-refractivity contribution in [3.05, 3.63) is 39.6 Å². The molecule has 0 saturated carbocycles.